The fraction of sp³-hybridized carbons (Fsp3) is 0.867. The molecule has 4 nitrogen and oxygen atoms in total. The molecule has 0 aliphatic carbocycles. The van der Waals surface area contributed by atoms with Gasteiger partial charge in [-0.15, -0.1) is 0 Å². The second kappa shape index (κ2) is 26.3. The minimum Gasteiger partial charge on any atom is -0.466 e. The first-order valence-corrected chi connectivity index (χ1v) is 14.6. The van der Waals surface area contributed by atoms with Crippen LogP contribution in [0.5, 0.6) is 0 Å². The van der Waals surface area contributed by atoms with Crippen molar-refractivity contribution in [2.75, 3.05) is 6.61 Å². The van der Waals surface area contributed by atoms with E-state index < -0.39 is 0 Å². The van der Waals surface area contributed by atoms with Crippen molar-refractivity contribution in [3.8, 4) is 0 Å². The molecule has 0 aromatic heterocycles. The van der Waals surface area contributed by atoms with Crippen LogP contribution in [0.1, 0.15) is 155 Å². The summed E-state index contributed by atoms with van der Waals surface area (Å²) in [4.78, 5) is 24.0. The summed E-state index contributed by atoms with van der Waals surface area (Å²) in [6.07, 6.45) is 26.3. The molecule has 0 bridgehead atoms. The largest absolute Gasteiger partial charge is 0.466 e. The van der Waals surface area contributed by atoms with Crippen molar-refractivity contribution in [3.63, 3.8) is 0 Å². The molecule has 0 N–H and O–H groups in total. The van der Waals surface area contributed by atoms with Crippen molar-refractivity contribution in [1.29, 1.82) is 0 Å². The molecule has 34 heavy (non-hydrogen) atoms. The zero-order chi connectivity index (χ0) is 25.1. The van der Waals surface area contributed by atoms with Crippen LogP contribution in [0.25, 0.3) is 0 Å². The van der Waals surface area contributed by atoms with Gasteiger partial charge in [0, 0.05) is 6.42 Å². The van der Waals surface area contributed by atoms with Crippen LogP contribution in [-0.2, 0) is 19.1 Å². The Kier molecular flexibility index (Phi) is 25.3. The average molecular weight is 481 g/mol. The van der Waals surface area contributed by atoms with Crippen LogP contribution in [0.4, 0.5) is 0 Å². The molecule has 0 aromatic carbocycles. The summed E-state index contributed by atoms with van der Waals surface area (Å²) in [6, 6.07) is 0. The first-order chi connectivity index (χ1) is 16.7. The van der Waals surface area contributed by atoms with Gasteiger partial charge in [-0.3, -0.25) is 9.59 Å². The molecule has 0 aliphatic heterocycles. The van der Waals surface area contributed by atoms with E-state index in [-0.39, 0.29) is 17.9 Å². The molecule has 1 unspecified atom stereocenters. The maximum atomic E-state index is 12.2. The van der Waals surface area contributed by atoms with Gasteiger partial charge in [0.05, 0.1) is 18.8 Å². The lowest BCUT2D eigenvalue weighted by Gasteiger charge is -2.14. The van der Waals surface area contributed by atoms with Gasteiger partial charge in [0.15, 0.2) is 0 Å². The Bertz CT molecular complexity index is 474. The first kappa shape index (κ1) is 32.7. The van der Waals surface area contributed by atoms with E-state index in [2.05, 4.69) is 20.4 Å². The SMILES string of the molecule is C=COC(=O)C(CCCCCCCC)CCCCCCCCOC(=O)CCCCCCCCC. The first-order valence-electron chi connectivity index (χ1n) is 14.6. The summed E-state index contributed by atoms with van der Waals surface area (Å²) in [5, 5.41) is 0. The van der Waals surface area contributed by atoms with E-state index in [9.17, 15) is 9.59 Å². The number of hydrogen-bond donors (Lipinski definition) is 0. The summed E-state index contributed by atoms with van der Waals surface area (Å²) in [7, 11) is 0. The van der Waals surface area contributed by atoms with Gasteiger partial charge < -0.3 is 9.47 Å². The molecule has 0 spiro atoms. The molecule has 1 atom stereocenters. The molecule has 200 valence electrons. The molecular formula is C30H56O4. The van der Waals surface area contributed by atoms with Crippen molar-refractivity contribution in [3.05, 3.63) is 12.8 Å². The zero-order valence-electron chi connectivity index (χ0n) is 22.8. The number of hydrogen-bond acceptors (Lipinski definition) is 4. The smallest absolute Gasteiger partial charge is 0.313 e. The molecular weight excluding hydrogens is 424 g/mol. The van der Waals surface area contributed by atoms with Gasteiger partial charge in [-0.2, -0.15) is 0 Å². The van der Waals surface area contributed by atoms with E-state index in [4.69, 9.17) is 9.47 Å². The monoisotopic (exact) mass is 480 g/mol. The van der Waals surface area contributed by atoms with Gasteiger partial charge >= 0.3 is 11.9 Å². The minimum absolute atomic E-state index is 0.0138. The third-order valence-corrected chi connectivity index (χ3v) is 6.63. The molecule has 0 heterocycles. The number of carbonyl (C=O) groups is 2. The van der Waals surface area contributed by atoms with Crippen molar-refractivity contribution in [2.24, 2.45) is 5.92 Å². The number of esters is 2. The van der Waals surface area contributed by atoms with Crippen molar-refractivity contribution < 1.29 is 19.1 Å². The van der Waals surface area contributed by atoms with Gasteiger partial charge in [-0.1, -0.05) is 130 Å². The van der Waals surface area contributed by atoms with E-state index in [1.165, 1.54) is 76.9 Å². The van der Waals surface area contributed by atoms with E-state index in [1.807, 2.05) is 0 Å². The quantitative estimate of drug-likeness (QED) is 0.0702. The standard InChI is InChI=1S/C30H56O4/c1-4-7-9-11-13-18-22-26-29(31)34-27-23-19-15-14-17-21-25-28(30(32)33-6-3)24-20-16-12-10-8-5-2/h6,28H,3-5,7-27H2,1-2H3. The molecule has 0 saturated carbocycles. The van der Waals surface area contributed by atoms with Crippen LogP contribution in [0.15, 0.2) is 12.8 Å². The predicted octanol–water partition coefficient (Wildman–Crippen LogP) is 9.45. The fourth-order valence-corrected chi connectivity index (χ4v) is 4.41. The Balaban J connectivity index is 3.65. The molecule has 0 radical (unpaired) electrons. The lowest BCUT2D eigenvalue weighted by atomic mass is 9.94. The maximum Gasteiger partial charge on any atom is 0.313 e. The lowest BCUT2D eigenvalue weighted by Crippen LogP contribution is -2.16. The highest BCUT2D eigenvalue weighted by Crippen LogP contribution is 2.21. The van der Waals surface area contributed by atoms with Crippen LogP contribution in [-0.4, -0.2) is 18.5 Å². The number of rotatable bonds is 26. The fourth-order valence-electron chi connectivity index (χ4n) is 4.41. The molecule has 0 saturated heterocycles. The summed E-state index contributed by atoms with van der Waals surface area (Å²) >= 11 is 0. The van der Waals surface area contributed by atoms with Crippen LogP contribution >= 0.6 is 0 Å². The normalized spacial score (nSPS) is 11.8. The summed E-state index contributed by atoms with van der Waals surface area (Å²) < 4.78 is 10.4. The number of carbonyl (C=O) groups excluding carboxylic acids is 2. The minimum atomic E-state index is -0.109. The van der Waals surface area contributed by atoms with Gasteiger partial charge in [-0.25, -0.2) is 0 Å². The Hall–Kier alpha value is -1.32. The second-order valence-electron chi connectivity index (χ2n) is 9.86. The summed E-state index contributed by atoms with van der Waals surface area (Å²) in [6.45, 7) is 8.55. The topological polar surface area (TPSA) is 52.6 Å². The van der Waals surface area contributed by atoms with Gasteiger partial charge in [0.25, 0.3) is 0 Å². The molecule has 0 aromatic rings. The van der Waals surface area contributed by atoms with Crippen molar-refractivity contribution in [2.45, 2.75) is 155 Å². The average Bonchev–Trinajstić information content (AvgIpc) is 2.83. The van der Waals surface area contributed by atoms with Gasteiger partial charge in [-0.05, 0) is 25.7 Å². The second-order valence-corrected chi connectivity index (χ2v) is 9.86. The molecule has 4 heteroatoms. The Labute approximate surface area is 211 Å². The third kappa shape index (κ3) is 22.5. The number of unbranched alkanes of at least 4 members (excludes halogenated alkanes) is 16. The van der Waals surface area contributed by atoms with Crippen molar-refractivity contribution >= 4 is 11.9 Å². The highest BCUT2D eigenvalue weighted by atomic mass is 16.5. The molecule has 0 rings (SSSR count). The van der Waals surface area contributed by atoms with E-state index in [0.717, 1.165) is 64.2 Å². The zero-order valence-corrected chi connectivity index (χ0v) is 22.8. The Morgan fingerprint density at radius 3 is 1.59 bits per heavy atom. The predicted molar refractivity (Wildman–Crippen MR) is 144 cm³/mol. The summed E-state index contributed by atoms with van der Waals surface area (Å²) in [5.74, 6) is -0.127. The Morgan fingerprint density at radius 1 is 0.647 bits per heavy atom. The molecule has 0 amide bonds. The van der Waals surface area contributed by atoms with Crippen LogP contribution in [0.3, 0.4) is 0 Å². The van der Waals surface area contributed by atoms with Crippen molar-refractivity contribution in [1.82, 2.24) is 0 Å². The Morgan fingerprint density at radius 2 is 1.09 bits per heavy atom. The van der Waals surface area contributed by atoms with Gasteiger partial charge in [0.1, 0.15) is 0 Å². The summed E-state index contributed by atoms with van der Waals surface area (Å²) in [5.41, 5.74) is 0. The third-order valence-electron chi connectivity index (χ3n) is 6.63. The van der Waals surface area contributed by atoms with Gasteiger partial charge in [0.2, 0.25) is 0 Å². The van der Waals surface area contributed by atoms with E-state index in [1.54, 1.807) is 0 Å². The van der Waals surface area contributed by atoms with E-state index >= 15 is 0 Å². The van der Waals surface area contributed by atoms with E-state index in [0.29, 0.717) is 13.0 Å². The van der Waals surface area contributed by atoms with Crippen LogP contribution in [0, 0.1) is 5.92 Å². The highest BCUT2D eigenvalue weighted by molar-refractivity contribution is 5.72. The maximum absolute atomic E-state index is 12.2. The van der Waals surface area contributed by atoms with Crippen LogP contribution < -0.4 is 0 Å². The van der Waals surface area contributed by atoms with Crippen LogP contribution in [0.2, 0.25) is 0 Å². The lowest BCUT2D eigenvalue weighted by molar-refractivity contribution is -0.144. The highest BCUT2D eigenvalue weighted by Gasteiger charge is 2.18. The number of ether oxygens (including phenoxy) is 2. The molecule has 0 aliphatic rings. The molecule has 0 fully saturated rings.